The van der Waals surface area contributed by atoms with Crippen LogP contribution in [0.2, 0.25) is 0 Å². The van der Waals surface area contributed by atoms with Gasteiger partial charge in [-0.15, -0.1) is 0 Å². The molecule has 1 aliphatic carbocycles. The average Bonchev–Trinajstić information content (AvgIpc) is 2.87. The van der Waals surface area contributed by atoms with Crippen molar-refractivity contribution in [3.8, 4) is 0 Å². The van der Waals surface area contributed by atoms with Gasteiger partial charge in [0.05, 0.1) is 6.10 Å². The van der Waals surface area contributed by atoms with Gasteiger partial charge in [0.15, 0.2) is 0 Å². The van der Waals surface area contributed by atoms with E-state index in [0.717, 1.165) is 5.56 Å². The molecule has 1 heteroatoms. The average molecular weight is 162 g/mol. The van der Waals surface area contributed by atoms with Gasteiger partial charge in [-0.1, -0.05) is 29.8 Å². The maximum atomic E-state index is 9.75. The molecule has 0 heterocycles. The predicted molar refractivity (Wildman–Crippen MR) is 48.9 cm³/mol. The molecule has 1 N–H and O–H groups in total. The van der Waals surface area contributed by atoms with Crippen molar-refractivity contribution in [1.82, 2.24) is 0 Å². The third-order valence-corrected chi connectivity index (χ3v) is 2.49. The van der Waals surface area contributed by atoms with Crippen molar-refractivity contribution >= 4 is 0 Å². The van der Waals surface area contributed by atoms with Crippen molar-refractivity contribution < 1.29 is 5.11 Å². The lowest BCUT2D eigenvalue weighted by Crippen LogP contribution is -1.98. The Morgan fingerprint density at radius 1 is 1.25 bits per heavy atom. The monoisotopic (exact) mass is 162 g/mol. The number of hydrogen-bond donors (Lipinski definition) is 1. The molecule has 0 aromatic heterocycles. The molecular formula is C11H14O. The molecule has 1 saturated carbocycles. The van der Waals surface area contributed by atoms with Crippen LogP contribution in [-0.4, -0.2) is 5.11 Å². The summed E-state index contributed by atoms with van der Waals surface area (Å²) in [6.45, 7) is 2.06. The minimum absolute atomic E-state index is 0.217. The molecule has 1 aromatic carbocycles. The topological polar surface area (TPSA) is 20.2 Å². The molecule has 2 rings (SSSR count). The third-order valence-electron chi connectivity index (χ3n) is 2.49. The zero-order chi connectivity index (χ0) is 8.55. The first-order valence-corrected chi connectivity index (χ1v) is 4.52. The number of benzene rings is 1. The first-order chi connectivity index (χ1) is 5.77. The molecule has 1 unspecified atom stereocenters. The normalized spacial score (nSPS) is 19.2. The highest BCUT2D eigenvalue weighted by atomic mass is 16.3. The summed E-state index contributed by atoms with van der Waals surface area (Å²) < 4.78 is 0. The van der Waals surface area contributed by atoms with Gasteiger partial charge in [0.25, 0.3) is 0 Å². The molecule has 1 atom stereocenters. The Morgan fingerprint density at radius 2 is 1.83 bits per heavy atom. The van der Waals surface area contributed by atoms with Crippen molar-refractivity contribution in [2.75, 3.05) is 0 Å². The van der Waals surface area contributed by atoms with Gasteiger partial charge in [0.1, 0.15) is 0 Å². The number of aryl methyl sites for hydroxylation is 1. The first-order valence-electron chi connectivity index (χ1n) is 4.52. The van der Waals surface area contributed by atoms with Gasteiger partial charge in [-0.3, -0.25) is 0 Å². The molecule has 1 fully saturated rings. The van der Waals surface area contributed by atoms with Crippen LogP contribution >= 0.6 is 0 Å². The maximum Gasteiger partial charge on any atom is 0.0818 e. The Morgan fingerprint density at radius 3 is 2.33 bits per heavy atom. The highest BCUT2D eigenvalue weighted by molar-refractivity contribution is 5.24. The highest BCUT2D eigenvalue weighted by Gasteiger charge is 2.30. The van der Waals surface area contributed by atoms with Gasteiger partial charge in [-0.05, 0) is 31.2 Å². The fourth-order valence-electron chi connectivity index (χ4n) is 1.45. The molecule has 1 aliphatic rings. The van der Waals surface area contributed by atoms with Crippen LogP contribution in [0.15, 0.2) is 24.3 Å². The summed E-state index contributed by atoms with van der Waals surface area (Å²) in [5.74, 6) is 0.535. The number of aliphatic hydroxyl groups is 1. The number of rotatable bonds is 2. The Balaban J connectivity index is 2.16. The van der Waals surface area contributed by atoms with E-state index < -0.39 is 0 Å². The Hall–Kier alpha value is -0.820. The first kappa shape index (κ1) is 7.81. The van der Waals surface area contributed by atoms with Crippen LogP contribution in [0, 0.1) is 12.8 Å². The molecule has 0 spiro atoms. The van der Waals surface area contributed by atoms with E-state index in [2.05, 4.69) is 19.1 Å². The zero-order valence-electron chi connectivity index (χ0n) is 7.33. The summed E-state index contributed by atoms with van der Waals surface area (Å²) in [5, 5.41) is 9.75. The lowest BCUT2D eigenvalue weighted by atomic mass is 10.0. The summed E-state index contributed by atoms with van der Waals surface area (Å²) in [4.78, 5) is 0. The second-order valence-corrected chi connectivity index (χ2v) is 3.69. The standard InChI is InChI=1S/C11H14O/c1-8-2-4-9(5-3-8)11(12)10-6-7-10/h2-5,10-12H,6-7H2,1H3. The maximum absolute atomic E-state index is 9.75. The smallest absolute Gasteiger partial charge is 0.0818 e. The van der Waals surface area contributed by atoms with E-state index in [1.54, 1.807) is 0 Å². The van der Waals surface area contributed by atoms with Crippen molar-refractivity contribution in [2.24, 2.45) is 5.92 Å². The summed E-state index contributed by atoms with van der Waals surface area (Å²) in [5.41, 5.74) is 2.32. The zero-order valence-corrected chi connectivity index (χ0v) is 7.33. The highest BCUT2D eigenvalue weighted by Crippen LogP contribution is 2.40. The van der Waals surface area contributed by atoms with Crippen molar-refractivity contribution in [3.05, 3.63) is 35.4 Å². The lowest BCUT2D eigenvalue weighted by molar-refractivity contribution is 0.154. The molecule has 1 nitrogen and oxygen atoms in total. The SMILES string of the molecule is Cc1ccc(C(O)C2CC2)cc1. The minimum atomic E-state index is -0.217. The van der Waals surface area contributed by atoms with Crippen molar-refractivity contribution in [1.29, 1.82) is 0 Å². The van der Waals surface area contributed by atoms with E-state index in [0.29, 0.717) is 5.92 Å². The van der Waals surface area contributed by atoms with E-state index in [4.69, 9.17) is 0 Å². The second-order valence-electron chi connectivity index (χ2n) is 3.69. The van der Waals surface area contributed by atoms with Gasteiger partial charge >= 0.3 is 0 Å². The lowest BCUT2D eigenvalue weighted by Gasteiger charge is -2.08. The van der Waals surface area contributed by atoms with Crippen LogP contribution in [-0.2, 0) is 0 Å². The van der Waals surface area contributed by atoms with Crippen LogP contribution in [0.3, 0.4) is 0 Å². The Bertz CT molecular complexity index is 259. The van der Waals surface area contributed by atoms with E-state index in [9.17, 15) is 5.11 Å². The van der Waals surface area contributed by atoms with Crippen LogP contribution in [0.5, 0.6) is 0 Å². The molecule has 0 aliphatic heterocycles. The summed E-state index contributed by atoms with van der Waals surface area (Å²) in [7, 11) is 0. The summed E-state index contributed by atoms with van der Waals surface area (Å²) >= 11 is 0. The quantitative estimate of drug-likeness (QED) is 0.708. The molecule has 12 heavy (non-hydrogen) atoms. The molecular weight excluding hydrogens is 148 g/mol. The van der Waals surface area contributed by atoms with Crippen LogP contribution in [0.1, 0.15) is 30.1 Å². The number of aliphatic hydroxyl groups excluding tert-OH is 1. The second kappa shape index (κ2) is 2.91. The van der Waals surface area contributed by atoms with Gasteiger partial charge in [0.2, 0.25) is 0 Å². The van der Waals surface area contributed by atoms with Gasteiger partial charge in [-0.25, -0.2) is 0 Å². The molecule has 1 aromatic rings. The Kier molecular flexibility index (Phi) is 1.89. The third kappa shape index (κ3) is 1.51. The van der Waals surface area contributed by atoms with Crippen LogP contribution in [0.25, 0.3) is 0 Å². The molecule has 0 amide bonds. The number of hydrogen-bond acceptors (Lipinski definition) is 1. The molecule has 0 radical (unpaired) electrons. The van der Waals surface area contributed by atoms with Crippen molar-refractivity contribution in [3.63, 3.8) is 0 Å². The van der Waals surface area contributed by atoms with Gasteiger partial charge < -0.3 is 5.11 Å². The largest absolute Gasteiger partial charge is 0.388 e. The molecule has 0 saturated heterocycles. The fraction of sp³-hybridized carbons (Fsp3) is 0.455. The minimum Gasteiger partial charge on any atom is -0.388 e. The van der Waals surface area contributed by atoms with Crippen LogP contribution in [0.4, 0.5) is 0 Å². The molecule has 0 bridgehead atoms. The predicted octanol–water partition coefficient (Wildman–Crippen LogP) is 2.44. The van der Waals surface area contributed by atoms with E-state index in [-0.39, 0.29) is 6.10 Å². The van der Waals surface area contributed by atoms with Crippen LogP contribution < -0.4 is 0 Å². The van der Waals surface area contributed by atoms with Crippen molar-refractivity contribution in [2.45, 2.75) is 25.9 Å². The fourth-order valence-corrected chi connectivity index (χ4v) is 1.45. The summed E-state index contributed by atoms with van der Waals surface area (Å²) in [6.07, 6.45) is 2.16. The van der Waals surface area contributed by atoms with E-state index in [1.165, 1.54) is 18.4 Å². The van der Waals surface area contributed by atoms with Gasteiger partial charge in [0, 0.05) is 0 Å². The Labute approximate surface area is 73.0 Å². The van der Waals surface area contributed by atoms with E-state index in [1.807, 2.05) is 12.1 Å². The molecule has 64 valence electrons. The van der Waals surface area contributed by atoms with E-state index >= 15 is 0 Å². The summed E-state index contributed by atoms with van der Waals surface area (Å²) in [6, 6.07) is 8.17. The van der Waals surface area contributed by atoms with Gasteiger partial charge in [-0.2, -0.15) is 0 Å².